The van der Waals surface area contributed by atoms with Crippen molar-refractivity contribution < 1.29 is 24.0 Å². The maximum atomic E-state index is 12.6. The van der Waals surface area contributed by atoms with Crippen molar-refractivity contribution in [2.45, 2.75) is 19.3 Å². The molecule has 0 aromatic heterocycles. The highest BCUT2D eigenvalue weighted by molar-refractivity contribution is 6.03. The Morgan fingerprint density at radius 1 is 1.00 bits per heavy atom. The molecule has 164 valence electrons. The number of carbonyl (C=O) groups excluding carboxylic acids is 3. The number of rotatable bonds is 8. The van der Waals surface area contributed by atoms with Crippen molar-refractivity contribution in [1.82, 2.24) is 5.32 Å². The molecule has 2 aromatic rings. The van der Waals surface area contributed by atoms with E-state index in [1.165, 1.54) is 7.11 Å². The van der Waals surface area contributed by atoms with Crippen molar-refractivity contribution >= 4 is 23.5 Å². The number of amides is 2. The number of methoxy groups -OCH3 is 1. The number of hydrogen-bond donors (Lipinski definition) is 3. The highest BCUT2D eigenvalue weighted by Gasteiger charge is 2.29. The monoisotopic (exact) mass is 424 g/mol. The van der Waals surface area contributed by atoms with E-state index in [-0.39, 0.29) is 23.7 Å². The topological polar surface area (TPSA) is 88.9 Å². The molecule has 3 N–H and O–H groups in total. The Bertz CT molecular complexity index is 893. The number of nitrogens with one attached hydrogen (secondary N) is 3. The number of esters is 1. The number of anilines is 1. The summed E-state index contributed by atoms with van der Waals surface area (Å²) in [6.45, 7) is 2.31. The maximum absolute atomic E-state index is 12.6. The van der Waals surface area contributed by atoms with Gasteiger partial charge >= 0.3 is 5.97 Å². The molecule has 0 bridgehead atoms. The molecule has 31 heavy (non-hydrogen) atoms. The van der Waals surface area contributed by atoms with Gasteiger partial charge in [0.25, 0.3) is 11.8 Å². The van der Waals surface area contributed by atoms with Crippen LogP contribution in [-0.4, -0.2) is 51.1 Å². The number of likely N-dealkylation sites (tertiary alicyclic amines) is 1. The fourth-order valence-electron chi connectivity index (χ4n) is 3.88. The largest absolute Gasteiger partial charge is 0.469 e. The molecule has 0 spiro atoms. The summed E-state index contributed by atoms with van der Waals surface area (Å²) in [6.07, 6.45) is 2.18. The van der Waals surface area contributed by atoms with E-state index in [4.69, 9.17) is 4.74 Å². The molecule has 0 atom stereocenters. The van der Waals surface area contributed by atoms with Gasteiger partial charge in [-0.25, -0.2) is 0 Å². The molecule has 7 heteroatoms. The van der Waals surface area contributed by atoms with Crippen LogP contribution >= 0.6 is 0 Å². The molecule has 3 rings (SSSR count). The van der Waals surface area contributed by atoms with Gasteiger partial charge in [0.2, 0.25) is 0 Å². The third-order valence-electron chi connectivity index (χ3n) is 5.63. The predicted molar refractivity (Wildman–Crippen MR) is 118 cm³/mol. The molecule has 1 aliphatic heterocycles. The van der Waals surface area contributed by atoms with Crippen molar-refractivity contribution in [3.05, 3.63) is 65.7 Å². The summed E-state index contributed by atoms with van der Waals surface area (Å²) in [5.74, 6) is -0.595. The predicted octanol–water partition coefficient (Wildman–Crippen LogP) is 1.07. The first-order valence-electron chi connectivity index (χ1n) is 10.7. The van der Waals surface area contributed by atoms with Crippen LogP contribution in [0.25, 0.3) is 0 Å². The van der Waals surface area contributed by atoms with Gasteiger partial charge in [-0.15, -0.1) is 0 Å². The molecular formula is C24H30N3O4+. The first-order chi connectivity index (χ1) is 15.1. The Morgan fingerprint density at radius 2 is 1.68 bits per heavy atom. The van der Waals surface area contributed by atoms with E-state index >= 15 is 0 Å². The van der Waals surface area contributed by atoms with Crippen molar-refractivity contribution in [3.8, 4) is 0 Å². The van der Waals surface area contributed by atoms with E-state index in [0.29, 0.717) is 24.3 Å². The Kier molecular flexibility index (Phi) is 8.18. The summed E-state index contributed by atoms with van der Waals surface area (Å²) in [5.41, 5.74) is 2.11. The molecule has 0 unspecified atom stereocenters. The molecule has 7 nitrogen and oxygen atoms in total. The van der Waals surface area contributed by atoms with Crippen LogP contribution in [0.5, 0.6) is 0 Å². The fourth-order valence-corrected chi connectivity index (χ4v) is 3.88. The van der Waals surface area contributed by atoms with E-state index in [9.17, 15) is 14.4 Å². The zero-order valence-corrected chi connectivity index (χ0v) is 17.9. The number of ether oxygens (including phenoxy) is 1. The smallest absolute Gasteiger partial charge is 0.309 e. The second kappa shape index (κ2) is 11.3. The Hall–Kier alpha value is -3.19. The lowest BCUT2D eigenvalue weighted by molar-refractivity contribution is -0.897. The van der Waals surface area contributed by atoms with Gasteiger partial charge in [-0.1, -0.05) is 42.5 Å². The molecule has 1 aliphatic rings. The van der Waals surface area contributed by atoms with Crippen LogP contribution in [0.1, 0.15) is 28.8 Å². The first kappa shape index (κ1) is 22.5. The number of carbonyl (C=O) groups is 3. The van der Waals surface area contributed by atoms with E-state index < -0.39 is 0 Å². The summed E-state index contributed by atoms with van der Waals surface area (Å²) in [6, 6.07) is 17.0. The fraction of sp³-hybridized carbons (Fsp3) is 0.375. The van der Waals surface area contributed by atoms with Gasteiger partial charge in [0, 0.05) is 19.4 Å². The van der Waals surface area contributed by atoms with Crippen LogP contribution in [0.15, 0.2) is 54.6 Å². The molecule has 2 amide bonds. The summed E-state index contributed by atoms with van der Waals surface area (Å²) in [5, 5.41) is 5.80. The minimum absolute atomic E-state index is 0.0721. The number of para-hydroxylation sites is 1. The minimum atomic E-state index is -0.210. The lowest BCUT2D eigenvalue weighted by Crippen LogP contribution is -3.14. The highest BCUT2D eigenvalue weighted by atomic mass is 16.5. The summed E-state index contributed by atoms with van der Waals surface area (Å²) in [7, 11) is 1.41. The Morgan fingerprint density at radius 3 is 2.39 bits per heavy atom. The standard InChI is InChI=1S/C24H29N3O4/c1-31-24(30)19-12-15-27(16-13-19)17-22(28)26-21-10-6-5-9-20(21)23(29)25-14-11-18-7-3-2-4-8-18/h2-10,19H,11-17H2,1H3,(H,25,29)(H,26,28)/p+1. The van der Waals surface area contributed by atoms with Gasteiger partial charge < -0.3 is 20.3 Å². The summed E-state index contributed by atoms with van der Waals surface area (Å²) >= 11 is 0. The van der Waals surface area contributed by atoms with Crippen LogP contribution in [0.3, 0.4) is 0 Å². The third-order valence-corrected chi connectivity index (χ3v) is 5.63. The maximum Gasteiger partial charge on any atom is 0.309 e. The lowest BCUT2D eigenvalue weighted by atomic mass is 9.97. The van der Waals surface area contributed by atoms with Gasteiger partial charge in [-0.2, -0.15) is 0 Å². The van der Waals surface area contributed by atoms with Gasteiger partial charge in [-0.05, 0) is 24.1 Å². The average Bonchev–Trinajstić information content (AvgIpc) is 2.80. The molecular weight excluding hydrogens is 394 g/mol. The minimum Gasteiger partial charge on any atom is -0.469 e. The number of hydrogen-bond acceptors (Lipinski definition) is 4. The van der Waals surface area contributed by atoms with Gasteiger partial charge in [-0.3, -0.25) is 14.4 Å². The van der Waals surface area contributed by atoms with E-state index in [1.54, 1.807) is 24.3 Å². The average molecular weight is 425 g/mol. The Labute approximate surface area is 182 Å². The summed E-state index contributed by atoms with van der Waals surface area (Å²) in [4.78, 5) is 38.0. The molecule has 1 saturated heterocycles. The van der Waals surface area contributed by atoms with Crippen molar-refractivity contribution in [2.75, 3.05) is 38.6 Å². The first-order valence-corrected chi connectivity index (χ1v) is 10.7. The molecule has 1 heterocycles. The van der Waals surface area contributed by atoms with E-state index in [2.05, 4.69) is 10.6 Å². The van der Waals surface area contributed by atoms with Gasteiger partial charge in [0.15, 0.2) is 6.54 Å². The summed E-state index contributed by atoms with van der Waals surface area (Å²) < 4.78 is 4.81. The normalized spacial score (nSPS) is 18.1. The van der Waals surface area contributed by atoms with Crippen LogP contribution in [0, 0.1) is 5.92 Å². The number of piperidine rings is 1. The van der Waals surface area contributed by atoms with Crippen LogP contribution in [0.2, 0.25) is 0 Å². The molecule has 0 radical (unpaired) electrons. The second-order valence-electron chi connectivity index (χ2n) is 7.81. The lowest BCUT2D eigenvalue weighted by Gasteiger charge is -2.27. The zero-order chi connectivity index (χ0) is 22.1. The van der Waals surface area contributed by atoms with Gasteiger partial charge in [0.05, 0.1) is 37.4 Å². The van der Waals surface area contributed by atoms with Crippen LogP contribution < -0.4 is 15.5 Å². The van der Waals surface area contributed by atoms with Crippen molar-refractivity contribution in [2.24, 2.45) is 5.92 Å². The quantitative estimate of drug-likeness (QED) is 0.553. The van der Waals surface area contributed by atoms with Crippen LogP contribution in [-0.2, 0) is 20.7 Å². The third kappa shape index (κ3) is 6.65. The van der Waals surface area contributed by atoms with E-state index in [0.717, 1.165) is 42.8 Å². The molecule has 1 fully saturated rings. The molecule has 0 aliphatic carbocycles. The molecule has 0 saturated carbocycles. The van der Waals surface area contributed by atoms with E-state index in [1.807, 2.05) is 30.3 Å². The SMILES string of the molecule is COC(=O)C1CC[NH+](CC(=O)Nc2ccccc2C(=O)NCCc2ccccc2)CC1. The number of benzene rings is 2. The second-order valence-corrected chi connectivity index (χ2v) is 7.81. The highest BCUT2D eigenvalue weighted by Crippen LogP contribution is 2.15. The molecule has 2 aromatic carbocycles. The number of quaternary nitrogens is 1. The van der Waals surface area contributed by atoms with Crippen molar-refractivity contribution in [1.29, 1.82) is 0 Å². The zero-order valence-electron chi connectivity index (χ0n) is 17.9. The van der Waals surface area contributed by atoms with Crippen molar-refractivity contribution in [3.63, 3.8) is 0 Å². The van der Waals surface area contributed by atoms with Gasteiger partial charge in [0.1, 0.15) is 0 Å². The Balaban J connectivity index is 1.50. The van der Waals surface area contributed by atoms with Crippen LogP contribution in [0.4, 0.5) is 5.69 Å².